The molecule has 2 aliphatic carbocycles. The van der Waals surface area contributed by atoms with Crippen molar-refractivity contribution in [2.75, 3.05) is 0 Å². The maximum atomic E-state index is 11.1. The normalized spacial score (nSPS) is 31.4. The number of hydrogen-bond acceptors (Lipinski definition) is 4. The summed E-state index contributed by atoms with van der Waals surface area (Å²) in [5.41, 5.74) is 0. The molecule has 4 heteroatoms. The molecule has 2 aliphatic rings. The van der Waals surface area contributed by atoms with Gasteiger partial charge in [0.1, 0.15) is 12.2 Å². The third kappa shape index (κ3) is 4.53. The predicted octanol–water partition coefficient (Wildman–Crippen LogP) is 2.46. The quantitative estimate of drug-likeness (QED) is 0.456. The molecule has 2 rings (SSSR count). The van der Waals surface area contributed by atoms with Gasteiger partial charge in [0.15, 0.2) is 0 Å². The molecule has 22 heavy (non-hydrogen) atoms. The van der Waals surface area contributed by atoms with Gasteiger partial charge < -0.3 is 9.47 Å². The Morgan fingerprint density at radius 1 is 0.682 bits per heavy atom. The van der Waals surface area contributed by atoms with Gasteiger partial charge in [-0.05, 0) is 63.2 Å². The Balaban J connectivity index is 1.71. The monoisotopic (exact) mass is 302 g/mol. The standard InChI is InChI=1S/C18H22O4/c1-3-17(19)21-15-9-5-13(6-10-15)14-7-11-16(12-8-14)22-18(20)4-2/h1-2,13-16H,5-12H2. The van der Waals surface area contributed by atoms with E-state index in [9.17, 15) is 9.59 Å². The van der Waals surface area contributed by atoms with E-state index in [0.29, 0.717) is 11.8 Å². The first kappa shape index (κ1) is 16.4. The Morgan fingerprint density at radius 3 is 1.27 bits per heavy atom. The van der Waals surface area contributed by atoms with Crippen LogP contribution in [0.2, 0.25) is 0 Å². The lowest BCUT2D eigenvalue weighted by atomic mass is 9.72. The first-order valence-corrected chi connectivity index (χ1v) is 7.96. The molecule has 2 fully saturated rings. The van der Waals surface area contributed by atoms with Crippen molar-refractivity contribution in [3.63, 3.8) is 0 Å². The van der Waals surface area contributed by atoms with Gasteiger partial charge >= 0.3 is 11.9 Å². The van der Waals surface area contributed by atoms with E-state index < -0.39 is 11.9 Å². The SMILES string of the molecule is C#CC(=O)OC1CCC(C2CCC(OC(=O)C#C)CC2)CC1. The number of terminal acetylenes is 2. The lowest BCUT2D eigenvalue weighted by Crippen LogP contribution is -2.31. The summed E-state index contributed by atoms with van der Waals surface area (Å²) in [7, 11) is 0. The van der Waals surface area contributed by atoms with Gasteiger partial charge in [-0.2, -0.15) is 0 Å². The lowest BCUT2D eigenvalue weighted by Gasteiger charge is -2.37. The van der Waals surface area contributed by atoms with Crippen LogP contribution in [0.1, 0.15) is 51.4 Å². The number of hydrogen-bond donors (Lipinski definition) is 0. The van der Waals surface area contributed by atoms with Gasteiger partial charge in [0.25, 0.3) is 0 Å². The fraction of sp³-hybridized carbons (Fsp3) is 0.667. The van der Waals surface area contributed by atoms with E-state index in [2.05, 4.69) is 0 Å². The highest BCUT2D eigenvalue weighted by molar-refractivity contribution is 5.88. The van der Waals surface area contributed by atoms with E-state index in [0.717, 1.165) is 51.4 Å². The Bertz CT molecular complexity index is 434. The Hall–Kier alpha value is -1.94. The molecule has 0 heterocycles. The molecule has 118 valence electrons. The third-order valence-electron chi connectivity index (χ3n) is 4.89. The molecule has 0 N–H and O–H groups in total. The molecular weight excluding hydrogens is 280 g/mol. The minimum atomic E-state index is -0.556. The highest BCUT2D eigenvalue weighted by Crippen LogP contribution is 2.39. The molecule has 2 saturated carbocycles. The maximum absolute atomic E-state index is 11.1. The molecule has 0 aromatic heterocycles. The zero-order valence-electron chi connectivity index (χ0n) is 12.8. The molecule has 0 aromatic carbocycles. The van der Waals surface area contributed by atoms with Crippen LogP contribution in [0.5, 0.6) is 0 Å². The molecule has 0 atom stereocenters. The Kier molecular flexibility index (Phi) is 5.90. The van der Waals surface area contributed by atoms with E-state index in [-0.39, 0.29) is 12.2 Å². The summed E-state index contributed by atoms with van der Waals surface area (Å²) in [6.45, 7) is 0. The Morgan fingerprint density at radius 2 is 1.00 bits per heavy atom. The maximum Gasteiger partial charge on any atom is 0.384 e. The third-order valence-corrected chi connectivity index (χ3v) is 4.89. The summed E-state index contributed by atoms with van der Waals surface area (Å²) in [5, 5.41) is 0. The van der Waals surface area contributed by atoms with E-state index >= 15 is 0 Å². The van der Waals surface area contributed by atoms with Crippen LogP contribution in [-0.2, 0) is 19.1 Å². The van der Waals surface area contributed by atoms with Gasteiger partial charge in [-0.3, -0.25) is 0 Å². The largest absolute Gasteiger partial charge is 0.453 e. The predicted molar refractivity (Wildman–Crippen MR) is 81.3 cm³/mol. The zero-order chi connectivity index (χ0) is 15.9. The van der Waals surface area contributed by atoms with Gasteiger partial charge in [-0.15, -0.1) is 12.8 Å². The molecule has 0 radical (unpaired) electrons. The average molecular weight is 302 g/mol. The minimum absolute atomic E-state index is 0.0206. The van der Waals surface area contributed by atoms with Crippen LogP contribution in [0.4, 0.5) is 0 Å². The van der Waals surface area contributed by atoms with Gasteiger partial charge in [0.05, 0.1) is 0 Å². The van der Waals surface area contributed by atoms with Crippen LogP contribution in [0.15, 0.2) is 0 Å². The van der Waals surface area contributed by atoms with Crippen LogP contribution < -0.4 is 0 Å². The fourth-order valence-electron chi connectivity index (χ4n) is 3.73. The van der Waals surface area contributed by atoms with Gasteiger partial charge in [-0.1, -0.05) is 0 Å². The van der Waals surface area contributed by atoms with Crippen LogP contribution in [-0.4, -0.2) is 24.1 Å². The summed E-state index contributed by atoms with van der Waals surface area (Å²) in [6, 6.07) is 0. The van der Waals surface area contributed by atoms with Crippen LogP contribution in [0, 0.1) is 36.5 Å². The Labute approximate surface area is 131 Å². The number of carbonyl (C=O) groups is 2. The van der Waals surface area contributed by atoms with E-state index in [1.165, 1.54) is 0 Å². The summed E-state index contributed by atoms with van der Waals surface area (Å²) >= 11 is 0. The lowest BCUT2D eigenvalue weighted by molar-refractivity contribution is -0.146. The number of ether oxygens (including phenoxy) is 2. The second-order valence-corrected chi connectivity index (χ2v) is 6.17. The zero-order valence-corrected chi connectivity index (χ0v) is 12.8. The van der Waals surface area contributed by atoms with Crippen LogP contribution in [0.25, 0.3) is 0 Å². The molecule has 0 saturated heterocycles. The van der Waals surface area contributed by atoms with E-state index in [4.69, 9.17) is 22.3 Å². The molecule has 0 aromatic rings. The van der Waals surface area contributed by atoms with E-state index in [1.807, 2.05) is 11.8 Å². The molecule has 0 amide bonds. The van der Waals surface area contributed by atoms with Gasteiger partial charge in [0.2, 0.25) is 0 Å². The molecule has 0 unspecified atom stereocenters. The smallest absolute Gasteiger partial charge is 0.384 e. The topological polar surface area (TPSA) is 52.6 Å². The second-order valence-electron chi connectivity index (χ2n) is 6.17. The van der Waals surface area contributed by atoms with Crippen molar-refractivity contribution in [1.29, 1.82) is 0 Å². The number of carbonyl (C=O) groups excluding carboxylic acids is 2. The summed E-state index contributed by atoms with van der Waals surface area (Å²) in [6.07, 6.45) is 17.9. The molecular formula is C18H22O4. The highest BCUT2D eigenvalue weighted by atomic mass is 16.5. The first-order valence-electron chi connectivity index (χ1n) is 7.96. The number of rotatable bonds is 3. The average Bonchev–Trinajstić information content (AvgIpc) is 2.56. The van der Waals surface area contributed by atoms with Crippen molar-refractivity contribution in [3.8, 4) is 24.7 Å². The molecule has 0 spiro atoms. The van der Waals surface area contributed by atoms with Crippen LogP contribution >= 0.6 is 0 Å². The first-order chi connectivity index (χ1) is 10.6. The van der Waals surface area contributed by atoms with Crippen molar-refractivity contribution in [1.82, 2.24) is 0 Å². The van der Waals surface area contributed by atoms with Crippen LogP contribution in [0.3, 0.4) is 0 Å². The molecule has 0 bridgehead atoms. The summed E-state index contributed by atoms with van der Waals surface area (Å²) < 4.78 is 10.4. The van der Waals surface area contributed by atoms with Crippen molar-refractivity contribution in [3.05, 3.63) is 0 Å². The fourth-order valence-corrected chi connectivity index (χ4v) is 3.73. The van der Waals surface area contributed by atoms with Crippen molar-refractivity contribution >= 4 is 11.9 Å². The van der Waals surface area contributed by atoms with Crippen molar-refractivity contribution in [2.24, 2.45) is 11.8 Å². The highest BCUT2D eigenvalue weighted by Gasteiger charge is 2.32. The minimum Gasteiger partial charge on any atom is -0.453 e. The van der Waals surface area contributed by atoms with Gasteiger partial charge in [-0.25, -0.2) is 9.59 Å². The van der Waals surface area contributed by atoms with E-state index in [1.54, 1.807) is 0 Å². The number of esters is 2. The van der Waals surface area contributed by atoms with Crippen molar-refractivity contribution in [2.45, 2.75) is 63.6 Å². The molecule has 4 nitrogen and oxygen atoms in total. The summed E-state index contributed by atoms with van der Waals surface area (Å²) in [5.74, 6) is 4.22. The van der Waals surface area contributed by atoms with Crippen molar-refractivity contribution < 1.29 is 19.1 Å². The molecule has 0 aliphatic heterocycles. The second kappa shape index (κ2) is 7.90. The summed E-state index contributed by atoms with van der Waals surface area (Å²) in [4.78, 5) is 22.2. The van der Waals surface area contributed by atoms with Gasteiger partial charge in [0, 0.05) is 11.8 Å².